The van der Waals surface area contributed by atoms with Crippen molar-refractivity contribution in [1.29, 1.82) is 0 Å². The Balaban J connectivity index is 1.97. The lowest BCUT2D eigenvalue weighted by Gasteiger charge is -2.21. The monoisotopic (exact) mass is 319 g/mol. The first kappa shape index (κ1) is 17.0. The number of carbonyl (C=O) groups excluding carboxylic acids is 2. The Kier molecular flexibility index (Phi) is 6.17. The smallest absolute Gasteiger partial charge is 0.410 e. The number of methoxy groups -OCH3 is 1. The van der Waals surface area contributed by atoms with Gasteiger partial charge < -0.3 is 14.2 Å². The molecule has 1 fully saturated rings. The van der Waals surface area contributed by atoms with Gasteiger partial charge in [-0.3, -0.25) is 4.90 Å². The number of amides is 1. The number of likely N-dealkylation sites (tertiary alicyclic amines) is 1. The van der Waals surface area contributed by atoms with Crippen LogP contribution in [0.1, 0.15) is 12.0 Å². The molecule has 1 aliphatic rings. The van der Waals surface area contributed by atoms with Gasteiger partial charge in [-0.1, -0.05) is 36.4 Å². The van der Waals surface area contributed by atoms with E-state index < -0.39 is 18.1 Å². The summed E-state index contributed by atoms with van der Waals surface area (Å²) in [5.41, 5.74) is 0.883. The van der Waals surface area contributed by atoms with Gasteiger partial charge in [0.15, 0.2) is 0 Å². The molecule has 1 amide bonds. The number of ether oxygens (including phenoxy) is 3. The van der Waals surface area contributed by atoms with E-state index in [1.165, 1.54) is 12.0 Å². The van der Waals surface area contributed by atoms with Gasteiger partial charge in [0.2, 0.25) is 0 Å². The second-order valence-electron chi connectivity index (χ2n) is 5.21. The summed E-state index contributed by atoms with van der Waals surface area (Å²) >= 11 is 0. The number of benzene rings is 1. The zero-order valence-corrected chi connectivity index (χ0v) is 13.1. The van der Waals surface area contributed by atoms with Crippen LogP contribution in [0, 0.1) is 0 Å². The Morgan fingerprint density at radius 2 is 2.09 bits per heavy atom. The predicted octanol–water partition coefficient (Wildman–Crippen LogP) is 2.14. The van der Waals surface area contributed by atoms with Crippen LogP contribution in [0.3, 0.4) is 0 Å². The fourth-order valence-corrected chi connectivity index (χ4v) is 2.49. The minimum absolute atomic E-state index is 0.155. The summed E-state index contributed by atoms with van der Waals surface area (Å²) < 4.78 is 15.6. The van der Waals surface area contributed by atoms with Gasteiger partial charge in [0.25, 0.3) is 0 Å². The van der Waals surface area contributed by atoms with E-state index in [4.69, 9.17) is 14.2 Å². The van der Waals surface area contributed by atoms with Gasteiger partial charge in [0.05, 0.1) is 26.4 Å². The van der Waals surface area contributed by atoms with E-state index in [9.17, 15) is 9.59 Å². The van der Waals surface area contributed by atoms with E-state index in [-0.39, 0.29) is 12.7 Å². The molecule has 1 saturated heterocycles. The molecule has 0 N–H and O–H groups in total. The maximum Gasteiger partial charge on any atom is 0.410 e. The van der Waals surface area contributed by atoms with Crippen molar-refractivity contribution in [2.75, 3.05) is 20.3 Å². The van der Waals surface area contributed by atoms with Gasteiger partial charge in [-0.25, -0.2) is 9.59 Å². The molecule has 6 nitrogen and oxygen atoms in total. The molecule has 2 rings (SSSR count). The van der Waals surface area contributed by atoms with Gasteiger partial charge in [0.1, 0.15) is 12.6 Å². The van der Waals surface area contributed by atoms with Gasteiger partial charge in [-0.15, -0.1) is 6.58 Å². The average Bonchev–Trinajstić information content (AvgIpc) is 3.02. The maximum atomic E-state index is 12.3. The summed E-state index contributed by atoms with van der Waals surface area (Å²) in [6.45, 7) is 4.40. The molecule has 23 heavy (non-hydrogen) atoms. The molecule has 0 saturated carbocycles. The molecule has 0 bridgehead atoms. The first-order valence-electron chi connectivity index (χ1n) is 7.43. The Labute approximate surface area is 135 Å². The van der Waals surface area contributed by atoms with Crippen LogP contribution in [0.5, 0.6) is 0 Å². The molecule has 2 atom stereocenters. The maximum absolute atomic E-state index is 12.3. The Bertz CT molecular complexity index is 545. The lowest BCUT2D eigenvalue weighted by atomic mass is 10.2. The molecule has 0 aromatic heterocycles. The van der Waals surface area contributed by atoms with Crippen molar-refractivity contribution >= 4 is 12.1 Å². The number of carbonyl (C=O) groups is 2. The largest absolute Gasteiger partial charge is 0.467 e. The van der Waals surface area contributed by atoms with E-state index in [0.29, 0.717) is 19.6 Å². The lowest BCUT2D eigenvalue weighted by Crippen LogP contribution is -2.41. The summed E-state index contributed by atoms with van der Waals surface area (Å²) in [7, 11) is 1.30. The molecule has 6 heteroatoms. The molecular formula is C17H21NO5. The minimum atomic E-state index is -0.682. The van der Waals surface area contributed by atoms with E-state index in [1.807, 2.05) is 30.3 Å². The van der Waals surface area contributed by atoms with E-state index >= 15 is 0 Å². The third-order valence-electron chi connectivity index (χ3n) is 3.63. The highest BCUT2D eigenvalue weighted by atomic mass is 16.6. The van der Waals surface area contributed by atoms with Crippen LogP contribution in [0.2, 0.25) is 0 Å². The molecule has 1 aromatic rings. The summed E-state index contributed by atoms with van der Waals surface area (Å²) in [5.74, 6) is -0.466. The van der Waals surface area contributed by atoms with Crippen molar-refractivity contribution in [3.8, 4) is 0 Å². The number of esters is 1. The van der Waals surface area contributed by atoms with Crippen LogP contribution >= 0.6 is 0 Å². The highest BCUT2D eigenvalue weighted by Crippen LogP contribution is 2.23. The quantitative estimate of drug-likeness (QED) is 0.594. The van der Waals surface area contributed by atoms with Crippen LogP contribution in [0.25, 0.3) is 0 Å². The average molecular weight is 319 g/mol. The number of hydrogen-bond acceptors (Lipinski definition) is 5. The van der Waals surface area contributed by atoms with Crippen molar-refractivity contribution in [2.24, 2.45) is 0 Å². The van der Waals surface area contributed by atoms with Crippen LogP contribution < -0.4 is 0 Å². The third-order valence-corrected chi connectivity index (χ3v) is 3.63. The molecule has 1 aromatic carbocycles. The fraction of sp³-hybridized carbons (Fsp3) is 0.412. The molecule has 1 aliphatic heterocycles. The van der Waals surface area contributed by atoms with E-state index in [1.54, 1.807) is 6.08 Å². The Hall–Kier alpha value is -2.34. The number of rotatable bonds is 6. The second kappa shape index (κ2) is 8.33. The summed E-state index contributed by atoms with van der Waals surface area (Å²) in [6.07, 6.45) is 1.24. The van der Waals surface area contributed by atoms with Crippen LogP contribution in [0.4, 0.5) is 4.79 Å². The van der Waals surface area contributed by atoms with Gasteiger partial charge in [0, 0.05) is 6.42 Å². The van der Waals surface area contributed by atoms with Gasteiger partial charge >= 0.3 is 12.1 Å². The Morgan fingerprint density at radius 1 is 1.35 bits per heavy atom. The minimum Gasteiger partial charge on any atom is -0.467 e. The highest BCUT2D eigenvalue weighted by molar-refractivity contribution is 5.82. The predicted molar refractivity (Wildman–Crippen MR) is 83.7 cm³/mol. The van der Waals surface area contributed by atoms with Crippen molar-refractivity contribution in [3.63, 3.8) is 0 Å². The SMILES string of the molecule is C=CCOC1C[C@H](C(=O)OC)N(C(=O)OCc2ccccc2)C1. The molecule has 1 unspecified atom stereocenters. The van der Waals surface area contributed by atoms with Crippen LogP contribution in [-0.2, 0) is 25.6 Å². The summed E-state index contributed by atoms with van der Waals surface area (Å²) in [5, 5.41) is 0. The zero-order valence-electron chi connectivity index (χ0n) is 13.1. The second-order valence-corrected chi connectivity index (χ2v) is 5.21. The van der Waals surface area contributed by atoms with E-state index in [0.717, 1.165) is 5.56 Å². The number of hydrogen-bond donors (Lipinski definition) is 0. The molecule has 1 heterocycles. The molecule has 0 aliphatic carbocycles. The lowest BCUT2D eigenvalue weighted by molar-refractivity contribution is -0.145. The van der Waals surface area contributed by atoms with Crippen molar-refractivity contribution in [3.05, 3.63) is 48.6 Å². The van der Waals surface area contributed by atoms with Gasteiger partial charge in [-0.2, -0.15) is 0 Å². The zero-order chi connectivity index (χ0) is 16.7. The standard InChI is InChI=1S/C17H21NO5/c1-3-9-22-14-10-15(16(19)21-2)18(11-14)17(20)23-12-13-7-5-4-6-8-13/h3-8,14-15H,1,9-12H2,2H3/t14?,15-/m1/s1. The normalized spacial score (nSPS) is 20.1. The fourth-order valence-electron chi connectivity index (χ4n) is 2.49. The highest BCUT2D eigenvalue weighted by Gasteiger charge is 2.41. The molecular weight excluding hydrogens is 298 g/mol. The number of nitrogens with zero attached hydrogens (tertiary/aromatic N) is 1. The first-order valence-corrected chi connectivity index (χ1v) is 7.43. The third kappa shape index (κ3) is 4.56. The van der Waals surface area contributed by atoms with Crippen molar-refractivity contribution < 1.29 is 23.8 Å². The molecule has 124 valence electrons. The molecule has 0 spiro atoms. The first-order chi connectivity index (χ1) is 11.2. The topological polar surface area (TPSA) is 65.1 Å². The van der Waals surface area contributed by atoms with Gasteiger partial charge in [-0.05, 0) is 5.56 Å². The van der Waals surface area contributed by atoms with Crippen molar-refractivity contribution in [2.45, 2.75) is 25.2 Å². The Morgan fingerprint density at radius 3 is 2.74 bits per heavy atom. The van der Waals surface area contributed by atoms with Crippen molar-refractivity contribution in [1.82, 2.24) is 4.90 Å². The summed E-state index contributed by atoms with van der Waals surface area (Å²) in [4.78, 5) is 25.5. The van der Waals surface area contributed by atoms with Crippen LogP contribution in [0.15, 0.2) is 43.0 Å². The van der Waals surface area contributed by atoms with Crippen LogP contribution in [-0.4, -0.2) is 49.4 Å². The van der Waals surface area contributed by atoms with E-state index in [2.05, 4.69) is 6.58 Å². The molecule has 0 radical (unpaired) electrons. The summed E-state index contributed by atoms with van der Waals surface area (Å²) in [6, 6.07) is 8.68.